The van der Waals surface area contributed by atoms with Gasteiger partial charge in [0.25, 0.3) is 0 Å². The van der Waals surface area contributed by atoms with Crippen LogP contribution in [0.2, 0.25) is 0 Å². The molecular formula is C12H24ClNO2S. The first kappa shape index (κ1) is 15.3. The molecule has 0 aromatic carbocycles. The van der Waals surface area contributed by atoms with Crippen molar-refractivity contribution >= 4 is 21.6 Å². The van der Waals surface area contributed by atoms with Crippen molar-refractivity contribution in [3.63, 3.8) is 0 Å². The van der Waals surface area contributed by atoms with Gasteiger partial charge in [0.15, 0.2) is 0 Å². The molecule has 0 heterocycles. The number of nitrogens with zero attached hydrogens (tertiary/aromatic N) is 1. The van der Waals surface area contributed by atoms with Gasteiger partial charge in [-0.05, 0) is 32.6 Å². The van der Waals surface area contributed by atoms with Gasteiger partial charge in [0, 0.05) is 18.5 Å². The standard InChI is InChI=1S/C12H24ClNO2S/c1-12(2,10-13)14(3)17(15,16)9-11-7-5-4-6-8-11/h11H,4-10H2,1-3H3. The Kier molecular flexibility index (Phi) is 5.29. The van der Waals surface area contributed by atoms with E-state index in [1.807, 2.05) is 13.8 Å². The molecule has 1 rings (SSSR count). The fraction of sp³-hybridized carbons (Fsp3) is 1.00. The third-order valence-corrected chi connectivity index (χ3v) is 6.64. The molecule has 0 saturated heterocycles. The molecule has 3 nitrogen and oxygen atoms in total. The molecule has 0 aromatic heterocycles. The van der Waals surface area contributed by atoms with Crippen LogP contribution in [0.15, 0.2) is 0 Å². The van der Waals surface area contributed by atoms with Gasteiger partial charge in [-0.15, -0.1) is 11.6 Å². The van der Waals surface area contributed by atoms with E-state index in [0.717, 1.165) is 12.8 Å². The molecule has 0 amide bonds. The van der Waals surface area contributed by atoms with E-state index in [2.05, 4.69) is 0 Å². The second kappa shape index (κ2) is 5.89. The van der Waals surface area contributed by atoms with E-state index >= 15 is 0 Å². The Labute approximate surface area is 111 Å². The van der Waals surface area contributed by atoms with Crippen LogP contribution >= 0.6 is 11.6 Å². The molecule has 0 N–H and O–H groups in total. The molecule has 1 saturated carbocycles. The predicted molar refractivity (Wildman–Crippen MR) is 72.9 cm³/mol. The van der Waals surface area contributed by atoms with Gasteiger partial charge in [0.2, 0.25) is 10.0 Å². The Morgan fingerprint density at radius 3 is 2.24 bits per heavy atom. The molecule has 102 valence electrons. The van der Waals surface area contributed by atoms with E-state index in [4.69, 9.17) is 11.6 Å². The van der Waals surface area contributed by atoms with Crippen molar-refractivity contribution in [3.05, 3.63) is 0 Å². The zero-order chi connectivity index (χ0) is 13.1. The highest BCUT2D eigenvalue weighted by Gasteiger charge is 2.33. The quantitative estimate of drug-likeness (QED) is 0.727. The number of sulfonamides is 1. The van der Waals surface area contributed by atoms with Crippen LogP contribution in [-0.4, -0.2) is 36.9 Å². The number of alkyl halides is 1. The molecule has 5 heteroatoms. The molecule has 0 spiro atoms. The average Bonchev–Trinajstić information content (AvgIpc) is 2.28. The number of hydrogen-bond donors (Lipinski definition) is 0. The number of halogens is 1. The van der Waals surface area contributed by atoms with E-state index in [-0.39, 0.29) is 5.75 Å². The van der Waals surface area contributed by atoms with Crippen LogP contribution in [-0.2, 0) is 10.0 Å². The fourth-order valence-electron chi connectivity index (χ4n) is 2.22. The molecule has 0 bridgehead atoms. The fourth-order valence-corrected chi connectivity index (χ4v) is 4.44. The molecule has 0 radical (unpaired) electrons. The molecule has 0 unspecified atom stereocenters. The average molecular weight is 282 g/mol. The summed E-state index contributed by atoms with van der Waals surface area (Å²) < 4.78 is 26.0. The van der Waals surface area contributed by atoms with Crippen LogP contribution in [0, 0.1) is 5.92 Å². The summed E-state index contributed by atoms with van der Waals surface area (Å²) in [5.74, 6) is 0.930. The maximum atomic E-state index is 12.3. The van der Waals surface area contributed by atoms with E-state index in [1.165, 1.54) is 23.6 Å². The third-order valence-electron chi connectivity index (χ3n) is 3.77. The molecule has 17 heavy (non-hydrogen) atoms. The van der Waals surface area contributed by atoms with Crippen LogP contribution < -0.4 is 0 Å². The van der Waals surface area contributed by atoms with Gasteiger partial charge in [-0.1, -0.05) is 19.3 Å². The summed E-state index contributed by atoms with van der Waals surface area (Å²) in [5.41, 5.74) is -0.505. The lowest BCUT2D eigenvalue weighted by Gasteiger charge is -2.34. The van der Waals surface area contributed by atoms with Gasteiger partial charge < -0.3 is 0 Å². The summed E-state index contributed by atoms with van der Waals surface area (Å²) in [6, 6.07) is 0. The van der Waals surface area contributed by atoms with Gasteiger partial charge >= 0.3 is 0 Å². The van der Waals surface area contributed by atoms with E-state index in [1.54, 1.807) is 7.05 Å². The molecule has 0 aromatic rings. The van der Waals surface area contributed by atoms with Crippen LogP contribution in [0.4, 0.5) is 0 Å². The maximum Gasteiger partial charge on any atom is 0.214 e. The SMILES string of the molecule is CN(C(C)(C)CCl)S(=O)(=O)CC1CCCCC1. The molecule has 1 fully saturated rings. The monoisotopic (exact) mass is 281 g/mol. The minimum Gasteiger partial charge on any atom is -0.212 e. The summed E-state index contributed by atoms with van der Waals surface area (Å²) in [5, 5.41) is 0. The summed E-state index contributed by atoms with van der Waals surface area (Å²) in [6.07, 6.45) is 5.69. The minimum absolute atomic E-state index is 0.282. The van der Waals surface area contributed by atoms with Crippen LogP contribution in [0.5, 0.6) is 0 Å². The van der Waals surface area contributed by atoms with Gasteiger partial charge in [-0.2, -0.15) is 4.31 Å². The lowest BCUT2D eigenvalue weighted by atomic mass is 9.91. The maximum absolute atomic E-state index is 12.3. The largest absolute Gasteiger partial charge is 0.214 e. The predicted octanol–water partition coefficient (Wildman–Crippen LogP) is 2.85. The van der Waals surface area contributed by atoms with Crippen molar-refractivity contribution in [2.45, 2.75) is 51.5 Å². The summed E-state index contributed by atoms with van der Waals surface area (Å²) in [7, 11) is -1.54. The number of rotatable bonds is 5. The highest BCUT2D eigenvalue weighted by Crippen LogP contribution is 2.27. The van der Waals surface area contributed by atoms with Gasteiger partial charge in [0.05, 0.1) is 5.75 Å². The first-order chi connectivity index (χ1) is 7.79. The molecule has 0 atom stereocenters. The molecule has 0 aliphatic heterocycles. The molecular weight excluding hydrogens is 258 g/mol. The van der Waals surface area contributed by atoms with Crippen molar-refractivity contribution in [1.82, 2.24) is 4.31 Å². The van der Waals surface area contributed by atoms with Gasteiger partial charge in [0.1, 0.15) is 0 Å². The molecule has 1 aliphatic rings. The van der Waals surface area contributed by atoms with E-state index in [0.29, 0.717) is 11.8 Å². The smallest absolute Gasteiger partial charge is 0.212 e. The van der Waals surface area contributed by atoms with Crippen LogP contribution in [0.25, 0.3) is 0 Å². The second-order valence-corrected chi connectivity index (χ2v) is 8.01. The Balaban J connectivity index is 2.67. The summed E-state index contributed by atoms with van der Waals surface area (Å²) >= 11 is 5.83. The third kappa shape index (κ3) is 4.11. The summed E-state index contributed by atoms with van der Waals surface area (Å²) in [6.45, 7) is 3.72. The lowest BCUT2D eigenvalue weighted by molar-refractivity contribution is 0.289. The summed E-state index contributed by atoms with van der Waals surface area (Å²) in [4.78, 5) is 0. The minimum atomic E-state index is -3.18. The normalized spacial score (nSPS) is 19.8. The first-order valence-electron chi connectivity index (χ1n) is 6.32. The highest BCUT2D eigenvalue weighted by molar-refractivity contribution is 7.89. The Hall–Kier alpha value is 0.200. The first-order valence-corrected chi connectivity index (χ1v) is 8.46. The topological polar surface area (TPSA) is 37.4 Å². The van der Waals surface area contributed by atoms with Crippen LogP contribution in [0.3, 0.4) is 0 Å². The van der Waals surface area contributed by atoms with E-state index < -0.39 is 15.6 Å². The Morgan fingerprint density at radius 1 is 1.24 bits per heavy atom. The van der Waals surface area contributed by atoms with Crippen LogP contribution in [0.1, 0.15) is 46.0 Å². The zero-order valence-corrected chi connectivity index (χ0v) is 12.6. The van der Waals surface area contributed by atoms with E-state index in [9.17, 15) is 8.42 Å². The zero-order valence-electron chi connectivity index (χ0n) is 11.1. The number of hydrogen-bond acceptors (Lipinski definition) is 2. The van der Waals surface area contributed by atoms with Crippen molar-refractivity contribution < 1.29 is 8.42 Å². The Bertz CT molecular complexity index is 334. The van der Waals surface area contributed by atoms with Crippen molar-refractivity contribution in [2.24, 2.45) is 5.92 Å². The molecule has 1 aliphatic carbocycles. The highest BCUT2D eigenvalue weighted by atomic mass is 35.5. The van der Waals surface area contributed by atoms with Gasteiger partial charge in [-0.3, -0.25) is 0 Å². The lowest BCUT2D eigenvalue weighted by Crippen LogP contribution is -2.48. The Morgan fingerprint density at radius 2 is 1.76 bits per heavy atom. The van der Waals surface area contributed by atoms with Crippen molar-refractivity contribution in [3.8, 4) is 0 Å². The van der Waals surface area contributed by atoms with Crippen molar-refractivity contribution in [1.29, 1.82) is 0 Å². The van der Waals surface area contributed by atoms with Crippen molar-refractivity contribution in [2.75, 3.05) is 18.7 Å². The van der Waals surface area contributed by atoms with Gasteiger partial charge in [-0.25, -0.2) is 8.42 Å². The second-order valence-electron chi connectivity index (χ2n) is 5.70.